The van der Waals surface area contributed by atoms with Crippen LogP contribution in [-0.2, 0) is 9.53 Å². The monoisotopic (exact) mass is 268 g/mol. The van der Waals surface area contributed by atoms with Crippen molar-refractivity contribution in [1.29, 1.82) is 0 Å². The molecule has 1 amide bonds. The summed E-state index contributed by atoms with van der Waals surface area (Å²) >= 11 is 0. The summed E-state index contributed by atoms with van der Waals surface area (Å²) in [6.07, 6.45) is -3.52. The van der Waals surface area contributed by atoms with Crippen molar-refractivity contribution in [3.8, 4) is 0 Å². The molecule has 0 aliphatic heterocycles. The number of nitrogens with one attached hydrogen (secondary N) is 1. The maximum Gasteiger partial charge on any atom is 0.393 e. The molecule has 1 rings (SSSR count). The molecule has 0 spiro atoms. The molecule has 3 atom stereocenters. The Morgan fingerprint density at radius 1 is 1.44 bits per heavy atom. The molecule has 1 aliphatic carbocycles. The number of halogens is 3. The molecule has 0 aromatic heterocycles. The highest BCUT2D eigenvalue weighted by atomic mass is 19.4. The van der Waals surface area contributed by atoms with Crippen LogP contribution >= 0.6 is 0 Å². The van der Waals surface area contributed by atoms with Crippen molar-refractivity contribution in [2.75, 3.05) is 13.7 Å². The molecule has 1 saturated carbocycles. The first-order chi connectivity index (χ1) is 8.40. The zero-order valence-electron chi connectivity index (χ0n) is 10.3. The molecular formula is C11H19F3N2O2. The van der Waals surface area contributed by atoms with E-state index in [9.17, 15) is 18.0 Å². The highest BCUT2D eigenvalue weighted by Crippen LogP contribution is 2.37. The van der Waals surface area contributed by atoms with Gasteiger partial charge in [0.15, 0.2) is 0 Å². The fourth-order valence-electron chi connectivity index (χ4n) is 2.28. The summed E-state index contributed by atoms with van der Waals surface area (Å²) in [6.45, 7) is -0.0499. The molecule has 0 saturated heterocycles. The third kappa shape index (κ3) is 3.84. The van der Waals surface area contributed by atoms with E-state index in [1.165, 1.54) is 7.11 Å². The zero-order valence-corrected chi connectivity index (χ0v) is 10.3. The third-order valence-electron chi connectivity index (χ3n) is 3.31. The molecule has 1 fully saturated rings. The van der Waals surface area contributed by atoms with Gasteiger partial charge in [-0.3, -0.25) is 4.79 Å². The molecule has 18 heavy (non-hydrogen) atoms. The molecule has 4 nitrogen and oxygen atoms in total. The first-order valence-electron chi connectivity index (χ1n) is 6.00. The Labute approximate surface area is 104 Å². The molecule has 3 N–H and O–H groups in total. The van der Waals surface area contributed by atoms with Gasteiger partial charge in [0.1, 0.15) is 6.10 Å². The van der Waals surface area contributed by atoms with Crippen molar-refractivity contribution in [3.05, 3.63) is 0 Å². The van der Waals surface area contributed by atoms with E-state index in [4.69, 9.17) is 10.5 Å². The smallest absolute Gasteiger partial charge is 0.370 e. The molecule has 0 bridgehead atoms. The van der Waals surface area contributed by atoms with Gasteiger partial charge >= 0.3 is 6.18 Å². The third-order valence-corrected chi connectivity index (χ3v) is 3.31. The van der Waals surface area contributed by atoms with E-state index in [0.717, 1.165) is 0 Å². The summed E-state index contributed by atoms with van der Waals surface area (Å²) in [5.41, 5.74) is 5.30. The van der Waals surface area contributed by atoms with Crippen molar-refractivity contribution in [1.82, 2.24) is 5.32 Å². The topological polar surface area (TPSA) is 64.3 Å². The summed E-state index contributed by atoms with van der Waals surface area (Å²) in [5.74, 6) is -2.04. The van der Waals surface area contributed by atoms with Crippen LogP contribution in [0.2, 0.25) is 0 Å². The van der Waals surface area contributed by atoms with Crippen LogP contribution in [0.1, 0.15) is 25.7 Å². The van der Waals surface area contributed by atoms with E-state index in [-0.39, 0.29) is 13.0 Å². The van der Waals surface area contributed by atoms with Gasteiger partial charge in [-0.05, 0) is 12.8 Å². The van der Waals surface area contributed by atoms with Gasteiger partial charge < -0.3 is 15.8 Å². The van der Waals surface area contributed by atoms with E-state index in [1.54, 1.807) is 0 Å². The van der Waals surface area contributed by atoms with Crippen molar-refractivity contribution < 1.29 is 22.7 Å². The zero-order chi connectivity index (χ0) is 13.8. The molecule has 0 heterocycles. The van der Waals surface area contributed by atoms with Crippen LogP contribution in [0.4, 0.5) is 13.2 Å². The quantitative estimate of drug-likeness (QED) is 0.805. The molecule has 0 radical (unpaired) electrons. The Balaban J connectivity index is 2.65. The van der Waals surface area contributed by atoms with Gasteiger partial charge in [0, 0.05) is 19.7 Å². The maximum absolute atomic E-state index is 12.8. The minimum Gasteiger partial charge on any atom is -0.370 e. The summed E-state index contributed by atoms with van der Waals surface area (Å²) < 4.78 is 43.2. The van der Waals surface area contributed by atoms with E-state index >= 15 is 0 Å². The van der Waals surface area contributed by atoms with Crippen molar-refractivity contribution >= 4 is 5.91 Å². The average molecular weight is 268 g/mol. The van der Waals surface area contributed by atoms with Gasteiger partial charge in [0.25, 0.3) is 5.91 Å². The number of rotatable bonds is 4. The van der Waals surface area contributed by atoms with Gasteiger partial charge in [-0.25, -0.2) is 0 Å². The summed E-state index contributed by atoms with van der Waals surface area (Å²) in [5, 5.41) is 2.41. The minimum atomic E-state index is -4.27. The fourth-order valence-corrected chi connectivity index (χ4v) is 2.28. The van der Waals surface area contributed by atoms with Gasteiger partial charge in [-0.15, -0.1) is 0 Å². The van der Waals surface area contributed by atoms with Crippen molar-refractivity contribution in [2.45, 2.75) is 44.0 Å². The van der Waals surface area contributed by atoms with E-state index < -0.39 is 30.1 Å². The molecule has 7 heteroatoms. The number of hydrogen-bond donors (Lipinski definition) is 2. The molecule has 106 valence electrons. The Kier molecular flexibility index (Phi) is 5.40. The van der Waals surface area contributed by atoms with E-state index in [1.807, 2.05) is 0 Å². The lowest BCUT2D eigenvalue weighted by Gasteiger charge is -2.34. The van der Waals surface area contributed by atoms with Gasteiger partial charge in [0.2, 0.25) is 0 Å². The summed E-state index contributed by atoms with van der Waals surface area (Å²) in [4.78, 5) is 11.7. The SMILES string of the molecule is COC(CN)C(=O)NC1CCCCC1C(F)(F)F. The lowest BCUT2D eigenvalue weighted by Crippen LogP contribution is -2.51. The van der Waals surface area contributed by atoms with Crippen LogP contribution in [0.15, 0.2) is 0 Å². The highest BCUT2D eigenvalue weighted by molar-refractivity contribution is 5.81. The van der Waals surface area contributed by atoms with Crippen LogP contribution in [0.5, 0.6) is 0 Å². The second-order valence-electron chi connectivity index (χ2n) is 4.51. The molecule has 0 aromatic rings. The maximum atomic E-state index is 12.8. The summed E-state index contributed by atoms with van der Waals surface area (Å²) in [6, 6.07) is -0.865. The predicted octanol–water partition coefficient (Wildman–Crippen LogP) is 1.20. The second-order valence-corrected chi connectivity index (χ2v) is 4.51. The van der Waals surface area contributed by atoms with Crippen LogP contribution < -0.4 is 11.1 Å². The molecule has 1 aliphatic rings. The lowest BCUT2D eigenvalue weighted by molar-refractivity contribution is -0.189. The molecule has 3 unspecified atom stereocenters. The molecule has 0 aromatic carbocycles. The largest absolute Gasteiger partial charge is 0.393 e. The Hall–Kier alpha value is -0.820. The van der Waals surface area contributed by atoms with Crippen molar-refractivity contribution in [3.63, 3.8) is 0 Å². The average Bonchev–Trinajstić information content (AvgIpc) is 2.30. The fraction of sp³-hybridized carbons (Fsp3) is 0.909. The molecular weight excluding hydrogens is 249 g/mol. The minimum absolute atomic E-state index is 0.0499. The first kappa shape index (κ1) is 15.2. The number of carbonyl (C=O) groups is 1. The standard InChI is InChI=1S/C11H19F3N2O2/c1-18-9(6-15)10(17)16-8-5-3-2-4-7(8)11(12,13)14/h7-9H,2-6,15H2,1H3,(H,16,17). The predicted molar refractivity (Wildman–Crippen MR) is 59.8 cm³/mol. The number of nitrogens with two attached hydrogens (primary N) is 1. The van der Waals surface area contributed by atoms with Crippen LogP contribution in [0.3, 0.4) is 0 Å². The van der Waals surface area contributed by atoms with Gasteiger partial charge in [-0.1, -0.05) is 12.8 Å². The normalized spacial score (nSPS) is 26.7. The van der Waals surface area contributed by atoms with Gasteiger partial charge in [-0.2, -0.15) is 13.2 Å². The van der Waals surface area contributed by atoms with Gasteiger partial charge in [0.05, 0.1) is 5.92 Å². The number of amides is 1. The number of ether oxygens (including phenoxy) is 1. The highest BCUT2D eigenvalue weighted by Gasteiger charge is 2.46. The van der Waals surface area contributed by atoms with Crippen LogP contribution in [0, 0.1) is 5.92 Å². The Morgan fingerprint density at radius 2 is 2.06 bits per heavy atom. The Morgan fingerprint density at radius 3 is 2.56 bits per heavy atom. The van der Waals surface area contributed by atoms with E-state index in [0.29, 0.717) is 19.3 Å². The van der Waals surface area contributed by atoms with Crippen LogP contribution in [-0.4, -0.2) is 37.9 Å². The summed E-state index contributed by atoms with van der Waals surface area (Å²) in [7, 11) is 1.30. The number of alkyl halides is 3. The van der Waals surface area contributed by atoms with Crippen LogP contribution in [0.25, 0.3) is 0 Å². The first-order valence-corrected chi connectivity index (χ1v) is 6.00. The second kappa shape index (κ2) is 6.38. The van der Waals surface area contributed by atoms with Crippen molar-refractivity contribution in [2.24, 2.45) is 11.7 Å². The van der Waals surface area contributed by atoms with E-state index in [2.05, 4.69) is 5.32 Å². The number of hydrogen-bond acceptors (Lipinski definition) is 3. The number of carbonyl (C=O) groups excluding carboxylic acids is 1. The lowest BCUT2D eigenvalue weighted by atomic mass is 9.84. The number of methoxy groups -OCH3 is 1. The Bertz CT molecular complexity index is 280.